The second kappa shape index (κ2) is 10.2. The van der Waals surface area contributed by atoms with Crippen LogP contribution in [0.2, 0.25) is 0 Å². The van der Waals surface area contributed by atoms with Gasteiger partial charge in [-0.3, -0.25) is 9.69 Å². The Balaban J connectivity index is 1.12. The molecule has 1 amide bonds. The van der Waals surface area contributed by atoms with Crippen molar-refractivity contribution in [2.45, 2.75) is 19.0 Å². The number of benzene rings is 3. The third-order valence-electron chi connectivity index (χ3n) is 6.69. The fraction of sp³-hybridized carbons (Fsp3) is 0.167. The zero-order valence-electron chi connectivity index (χ0n) is 20.4. The van der Waals surface area contributed by atoms with Crippen LogP contribution in [0.3, 0.4) is 0 Å². The summed E-state index contributed by atoms with van der Waals surface area (Å²) in [5.41, 5.74) is 5.51. The van der Waals surface area contributed by atoms with Crippen molar-refractivity contribution in [1.82, 2.24) is 24.8 Å². The van der Waals surface area contributed by atoms with Gasteiger partial charge < -0.3 is 10.6 Å². The molecule has 1 aliphatic rings. The van der Waals surface area contributed by atoms with Gasteiger partial charge in [0.05, 0.1) is 5.69 Å². The predicted molar refractivity (Wildman–Crippen MR) is 146 cm³/mol. The van der Waals surface area contributed by atoms with E-state index in [1.54, 1.807) is 0 Å². The number of nitrogens with one attached hydrogen (secondary N) is 2. The van der Waals surface area contributed by atoms with Gasteiger partial charge in [-0.05, 0) is 48.4 Å². The molecule has 0 aliphatic carbocycles. The summed E-state index contributed by atoms with van der Waals surface area (Å²) >= 11 is 0. The van der Waals surface area contributed by atoms with Crippen LogP contribution in [0.4, 0.5) is 11.6 Å². The van der Waals surface area contributed by atoms with Gasteiger partial charge in [-0.25, -0.2) is 4.52 Å². The lowest BCUT2D eigenvalue weighted by molar-refractivity contribution is 0.0937. The second-order valence-electron chi connectivity index (χ2n) is 9.36. The van der Waals surface area contributed by atoms with Gasteiger partial charge in [0.15, 0.2) is 5.65 Å². The molecule has 0 bridgehead atoms. The van der Waals surface area contributed by atoms with Crippen molar-refractivity contribution in [1.29, 1.82) is 0 Å². The van der Waals surface area contributed by atoms with Crippen LogP contribution in [0.25, 0.3) is 16.9 Å². The molecule has 184 valence electrons. The van der Waals surface area contributed by atoms with E-state index in [0.29, 0.717) is 11.5 Å². The largest absolute Gasteiger partial charge is 0.348 e. The lowest BCUT2D eigenvalue weighted by Crippen LogP contribution is -2.36. The lowest BCUT2D eigenvalue weighted by atomic mass is 10.1. The highest BCUT2D eigenvalue weighted by Gasteiger charge is 2.24. The topological polar surface area (TPSA) is 74.6 Å². The molecule has 1 atom stereocenters. The number of nitrogens with zero attached hydrogens (tertiary/aromatic N) is 4. The van der Waals surface area contributed by atoms with Crippen LogP contribution in [-0.4, -0.2) is 44.5 Å². The van der Waals surface area contributed by atoms with E-state index in [1.807, 2.05) is 83.4 Å². The summed E-state index contributed by atoms with van der Waals surface area (Å²) in [7, 11) is 0. The molecular formula is C30H28N6O. The summed E-state index contributed by atoms with van der Waals surface area (Å²) in [6.45, 7) is 2.77. The van der Waals surface area contributed by atoms with Gasteiger partial charge in [-0.2, -0.15) is 4.98 Å². The Kier molecular flexibility index (Phi) is 6.35. The van der Waals surface area contributed by atoms with E-state index in [4.69, 9.17) is 0 Å². The summed E-state index contributed by atoms with van der Waals surface area (Å²) < 4.78 is 1.82. The highest BCUT2D eigenvalue weighted by molar-refractivity contribution is 5.94. The number of para-hydroxylation sites is 1. The van der Waals surface area contributed by atoms with Crippen LogP contribution in [0, 0.1) is 0 Å². The molecule has 0 unspecified atom stereocenters. The van der Waals surface area contributed by atoms with Gasteiger partial charge in [0.1, 0.15) is 0 Å². The average molecular weight is 489 g/mol. The molecule has 7 nitrogen and oxygen atoms in total. The number of anilines is 2. The quantitative estimate of drug-likeness (QED) is 0.332. The van der Waals surface area contributed by atoms with Crippen LogP contribution in [0.1, 0.15) is 22.3 Å². The lowest BCUT2D eigenvalue weighted by Gasteiger charge is -2.17. The summed E-state index contributed by atoms with van der Waals surface area (Å²) in [4.78, 5) is 19.9. The number of hydrogen-bond acceptors (Lipinski definition) is 5. The molecule has 2 N–H and O–H groups in total. The van der Waals surface area contributed by atoms with Crippen LogP contribution in [0.5, 0.6) is 0 Å². The van der Waals surface area contributed by atoms with E-state index >= 15 is 0 Å². The Morgan fingerprint density at radius 1 is 0.865 bits per heavy atom. The first-order valence-corrected chi connectivity index (χ1v) is 12.6. The molecular weight excluding hydrogens is 460 g/mol. The Morgan fingerprint density at radius 2 is 1.62 bits per heavy atom. The van der Waals surface area contributed by atoms with Crippen molar-refractivity contribution < 1.29 is 4.79 Å². The molecule has 3 heterocycles. The highest BCUT2D eigenvalue weighted by Crippen LogP contribution is 2.23. The summed E-state index contributed by atoms with van der Waals surface area (Å²) in [5.74, 6) is 0.499. The maximum Gasteiger partial charge on any atom is 0.251 e. The number of aromatic nitrogens is 3. The molecule has 1 saturated heterocycles. The molecule has 0 saturated carbocycles. The van der Waals surface area contributed by atoms with E-state index < -0.39 is 0 Å². The number of pyridine rings is 1. The Labute approximate surface area is 215 Å². The molecule has 3 aromatic carbocycles. The molecule has 2 aromatic heterocycles. The maximum atomic E-state index is 12.9. The van der Waals surface area contributed by atoms with E-state index in [9.17, 15) is 4.79 Å². The van der Waals surface area contributed by atoms with Crippen LogP contribution in [0.15, 0.2) is 103 Å². The normalized spacial score (nSPS) is 15.6. The number of carbonyl (C=O) groups excluding carboxylic acids is 1. The smallest absolute Gasteiger partial charge is 0.251 e. The SMILES string of the molecule is O=C(N[C@@H]1CCN(Cc2ccccc2)C1)c1ccc(-c2cccc3nc(Nc4ccccc4)nn23)cc1. The molecule has 5 aromatic rings. The minimum absolute atomic E-state index is 0.0357. The van der Waals surface area contributed by atoms with Gasteiger partial charge >= 0.3 is 0 Å². The molecule has 37 heavy (non-hydrogen) atoms. The molecule has 6 rings (SSSR count). The molecule has 1 fully saturated rings. The van der Waals surface area contributed by atoms with Crippen molar-refractivity contribution >= 4 is 23.2 Å². The number of fused-ring (bicyclic) bond motifs is 1. The van der Waals surface area contributed by atoms with Crippen LogP contribution in [-0.2, 0) is 6.54 Å². The van der Waals surface area contributed by atoms with Crippen molar-refractivity contribution in [2.75, 3.05) is 18.4 Å². The predicted octanol–water partition coefficient (Wildman–Crippen LogP) is 5.14. The standard InChI is InChI=1S/C30H28N6O/c37-29(31-26-18-19-35(21-26)20-22-8-3-1-4-9-22)24-16-14-23(15-17-24)27-12-7-13-28-33-30(34-36(27)28)32-25-10-5-2-6-11-25/h1-17,26H,18-21H2,(H,31,37)(H,32,34)/t26-/m1/s1. The van der Waals surface area contributed by atoms with E-state index in [1.165, 1.54) is 5.56 Å². The fourth-order valence-electron chi connectivity index (χ4n) is 4.82. The van der Waals surface area contributed by atoms with Gasteiger partial charge in [0, 0.05) is 42.5 Å². The van der Waals surface area contributed by atoms with Gasteiger partial charge in [0.2, 0.25) is 5.95 Å². The van der Waals surface area contributed by atoms with Crippen molar-refractivity contribution in [3.05, 3.63) is 114 Å². The first kappa shape index (κ1) is 22.9. The van der Waals surface area contributed by atoms with Gasteiger partial charge in [-0.1, -0.05) is 66.7 Å². The Morgan fingerprint density at radius 3 is 2.41 bits per heavy atom. The molecule has 0 spiro atoms. The maximum absolute atomic E-state index is 12.9. The third kappa shape index (κ3) is 5.22. The average Bonchev–Trinajstić information content (AvgIpc) is 3.56. The first-order chi connectivity index (χ1) is 18.2. The third-order valence-corrected chi connectivity index (χ3v) is 6.69. The van der Waals surface area contributed by atoms with Crippen molar-refractivity contribution in [2.24, 2.45) is 0 Å². The van der Waals surface area contributed by atoms with Gasteiger partial charge in [-0.15, -0.1) is 5.10 Å². The number of hydrogen-bond donors (Lipinski definition) is 2. The summed E-state index contributed by atoms with van der Waals surface area (Å²) in [6, 6.07) is 34.1. The number of carbonyl (C=O) groups is 1. The zero-order valence-corrected chi connectivity index (χ0v) is 20.4. The molecule has 7 heteroatoms. The molecule has 1 aliphatic heterocycles. The zero-order chi connectivity index (χ0) is 25.0. The van der Waals surface area contributed by atoms with Crippen LogP contribution >= 0.6 is 0 Å². The highest BCUT2D eigenvalue weighted by atomic mass is 16.1. The van der Waals surface area contributed by atoms with E-state index in [2.05, 4.69) is 49.9 Å². The molecule has 0 radical (unpaired) electrons. The fourth-order valence-corrected chi connectivity index (χ4v) is 4.82. The van der Waals surface area contributed by atoms with Crippen molar-refractivity contribution in [3.63, 3.8) is 0 Å². The number of rotatable bonds is 7. The first-order valence-electron chi connectivity index (χ1n) is 12.6. The minimum atomic E-state index is -0.0357. The minimum Gasteiger partial charge on any atom is -0.348 e. The number of likely N-dealkylation sites (tertiary alicyclic amines) is 1. The van der Waals surface area contributed by atoms with E-state index in [0.717, 1.165) is 48.6 Å². The Hall–Kier alpha value is -4.49. The Bertz CT molecular complexity index is 1500. The number of amides is 1. The second-order valence-corrected chi connectivity index (χ2v) is 9.36. The van der Waals surface area contributed by atoms with Crippen LogP contribution < -0.4 is 10.6 Å². The van der Waals surface area contributed by atoms with Crippen molar-refractivity contribution in [3.8, 4) is 11.3 Å². The monoisotopic (exact) mass is 488 g/mol. The summed E-state index contributed by atoms with van der Waals surface area (Å²) in [5, 5.41) is 11.1. The summed E-state index contributed by atoms with van der Waals surface area (Å²) in [6.07, 6.45) is 0.963. The van der Waals surface area contributed by atoms with E-state index in [-0.39, 0.29) is 11.9 Å². The van der Waals surface area contributed by atoms with Gasteiger partial charge in [0.25, 0.3) is 5.91 Å².